The van der Waals surface area contributed by atoms with Gasteiger partial charge in [0.15, 0.2) is 0 Å². The molecule has 3 nitrogen and oxygen atoms in total. The van der Waals surface area contributed by atoms with Crippen molar-refractivity contribution in [1.29, 1.82) is 0 Å². The molecule has 1 aliphatic rings. The van der Waals surface area contributed by atoms with E-state index in [-0.39, 0.29) is 0 Å². The Balaban J connectivity index is 1.98. The van der Waals surface area contributed by atoms with Gasteiger partial charge in [-0.25, -0.2) is 4.98 Å². The zero-order valence-electron chi connectivity index (χ0n) is 11.7. The fraction of sp³-hybridized carbons (Fsp3) is 0.562. The molecule has 0 aromatic carbocycles. The minimum atomic E-state index is 0.652. The first kappa shape index (κ1) is 12.7. The summed E-state index contributed by atoms with van der Waals surface area (Å²) in [6.07, 6.45) is 8.87. The fourth-order valence-electron chi connectivity index (χ4n) is 3.15. The van der Waals surface area contributed by atoms with Gasteiger partial charge in [-0.1, -0.05) is 32.3 Å². The van der Waals surface area contributed by atoms with E-state index in [1.807, 2.05) is 0 Å². The molecule has 0 unspecified atom stereocenters. The largest absolute Gasteiger partial charge is 0.311 e. The highest BCUT2D eigenvalue weighted by molar-refractivity contribution is 5.53. The first-order valence-electron chi connectivity index (χ1n) is 7.56. The van der Waals surface area contributed by atoms with Gasteiger partial charge in [0.1, 0.15) is 5.82 Å². The highest BCUT2D eigenvalue weighted by atomic mass is 15.0. The van der Waals surface area contributed by atoms with Crippen LogP contribution >= 0.6 is 0 Å². The number of imidazole rings is 1. The van der Waals surface area contributed by atoms with Crippen molar-refractivity contribution in [1.82, 2.24) is 14.7 Å². The van der Waals surface area contributed by atoms with E-state index in [9.17, 15) is 0 Å². The van der Waals surface area contributed by atoms with Gasteiger partial charge in [-0.15, -0.1) is 0 Å². The molecule has 0 saturated heterocycles. The first-order valence-corrected chi connectivity index (χ1v) is 7.56. The Morgan fingerprint density at radius 3 is 2.89 bits per heavy atom. The zero-order valence-corrected chi connectivity index (χ0v) is 11.7. The summed E-state index contributed by atoms with van der Waals surface area (Å²) in [5.41, 5.74) is 2.46. The molecular weight excluding hydrogens is 234 g/mol. The average molecular weight is 257 g/mol. The van der Waals surface area contributed by atoms with E-state index >= 15 is 0 Å². The van der Waals surface area contributed by atoms with E-state index in [2.05, 4.69) is 41.0 Å². The smallest absolute Gasteiger partial charge is 0.116 e. The first-order chi connectivity index (χ1) is 9.40. The van der Waals surface area contributed by atoms with Crippen molar-refractivity contribution in [3.8, 4) is 0 Å². The van der Waals surface area contributed by atoms with Gasteiger partial charge in [0, 0.05) is 18.7 Å². The van der Waals surface area contributed by atoms with Crippen molar-refractivity contribution in [2.75, 3.05) is 6.54 Å². The Hall–Kier alpha value is -1.35. The molecule has 3 heteroatoms. The van der Waals surface area contributed by atoms with E-state index in [0.29, 0.717) is 5.92 Å². The van der Waals surface area contributed by atoms with Crippen LogP contribution in [0.4, 0.5) is 0 Å². The standard InChI is InChI=1S/C16H23N3/c1-2-17-12-14-15-10-6-7-11-19(15)16(18-14)13-8-4-3-5-9-13/h6-7,10-11,13,17H,2-5,8-9,12H2,1H3. The van der Waals surface area contributed by atoms with E-state index in [4.69, 9.17) is 4.98 Å². The van der Waals surface area contributed by atoms with Crippen LogP contribution in [0.3, 0.4) is 0 Å². The fourth-order valence-corrected chi connectivity index (χ4v) is 3.15. The van der Waals surface area contributed by atoms with Crippen LogP contribution in [0.1, 0.15) is 56.5 Å². The molecule has 102 valence electrons. The van der Waals surface area contributed by atoms with Crippen LogP contribution in [0.15, 0.2) is 24.4 Å². The Morgan fingerprint density at radius 1 is 1.26 bits per heavy atom. The van der Waals surface area contributed by atoms with Crippen molar-refractivity contribution in [3.05, 3.63) is 35.9 Å². The third kappa shape index (κ3) is 2.52. The predicted octanol–water partition coefficient (Wildman–Crippen LogP) is 3.49. The third-order valence-electron chi connectivity index (χ3n) is 4.16. The number of aromatic nitrogens is 2. The highest BCUT2D eigenvalue weighted by Crippen LogP contribution is 2.33. The summed E-state index contributed by atoms with van der Waals surface area (Å²) in [5, 5.41) is 3.40. The third-order valence-corrected chi connectivity index (χ3v) is 4.16. The van der Waals surface area contributed by atoms with Crippen LogP contribution < -0.4 is 5.32 Å². The van der Waals surface area contributed by atoms with E-state index in [1.54, 1.807) is 0 Å². The quantitative estimate of drug-likeness (QED) is 0.908. The van der Waals surface area contributed by atoms with Crippen LogP contribution in [0.25, 0.3) is 5.52 Å². The molecule has 1 saturated carbocycles. The normalized spacial score (nSPS) is 17.1. The summed E-state index contributed by atoms with van der Waals surface area (Å²) in [6.45, 7) is 4.00. The minimum absolute atomic E-state index is 0.652. The summed E-state index contributed by atoms with van der Waals surface area (Å²) in [7, 11) is 0. The van der Waals surface area contributed by atoms with Gasteiger partial charge in [-0.2, -0.15) is 0 Å². The summed E-state index contributed by atoms with van der Waals surface area (Å²) >= 11 is 0. The lowest BCUT2D eigenvalue weighted by atomic mass is 9.89. The SMILES string of the molecule is CCNCc1nc(C2CCCCC2)n2ccccc12. The molecule has 0 radical (unpaired) electrons. The van der Waals surface area contributed by atoms with Gasteiger partial charge in [0.25, 0.3) is 0 Å². The number of hydrogen-bond acceptors (Lipinski definition) is 2. The van der Waals surface area contributed by atoms with Crippen molar-refractivity contribution in [2.24, 2.45) is 0 Å². The maximum Gasteiger partial charge on any atom is 0.116 e. The van der Waals surface area contributed by atoms with Crippen LogP contribution in [0.2, 0.25) is 0 Å². The number of nitrogens with one attached hydrogen (secondary N) is 1. The van der Waals surface area contributed by atoms with Crippen molar-refractivity contribution in [2.45, 2.75) is 51.5 Å². The van der Waals surface area contributed by atoms with Gasteiger partial charge in [-0.3, -0.25) is 0 Å². The lowest BCUT2D eigenvalue weighted by Crippen LogP contribution is -2.12. The number of rotatable bonds is 4. The summed E-state index contributed by atoms with van der Waals surface area (Å²) in [4.78, 5) is 4.95. The zero-order chi connectivity index (χ0) is 13.1. The molecule has 2 heterocycles. The lowest BCUT2D eigenvalue weighted by Gasteiger charge is -2.20. The predicted molar refractivity (Wildman–Crippen MR) is 78.4 cm³/mol. The molecule has 0 bridgehead atoms. The van der Waals surface area contributed by atoms with Gasteiger partial charge in [0.05, 0.1) is 11.2 Å². The summed E-state index contributed by atoms with van der Waals surface area (Å²) in [5.74, 6) is 1.93. The summed E-state index contributed by atoms with van der Waals surface area (Å²) < 4.78 is 2.31. The minimum Gasteiger partial charge on any atom is -0.311 e. The molecule has 19 heavy (non-hydrogen) atoms. The molecule has 1 N–H and O–H groups in total. The van der Waals surface area contributed by atoms with Crippen LogP contribution in [0.5, 0.6) is 0 Å². The van der Waals surface area contributed by atoms with Gasteiger partial charge in [0.2, 0.25) is 0 Å². The lowest BCUT2D eigenvalue weighted by molar-refractivity contribution is 0.427. The maximum atomic E-state index is 4.95. The molecule has 3 rings (SSSR count). The second-order valence-electron chi connectivity index (χ2n) is 5.49. The Morgan fingerprint density at radius 2 is 2.11 bits per heavy atom. The van der Waals surface area contributed by atoms with Crippen molar-refractivity contribution >= 4 is 5.52 Å². The molecular formula is C16H23N3. The molecule has 2 aromatic rings. The Labute approximate surface area is 115 Å². The van der Waals surface area contributed by atoms with Crippen LogP contribution in [-0.2, 0) is 6.54 Å². The Bertz CT molecular complexity index is 538. The Kier molecular flexibility index (Phi) is 3.83. The highest BCUT2D eigenvalue weighted by Gasteiger charge is 2.21. The second kappa shape index (κ2) is 5.74. The molecule has 1 aliphatic carbocycles. The van der Waals surface area contributed by atoms with E-state index in [0.717, 1.165) is 13.1 Å². The van der Waals surface area contributed by atoms with E-state index in [1.165, 1.54) is 49.1 Å². The van der Waals surface area contributed by atoms with Crippen LogP contribution in [-0.4, -0.2) is 15.9 Å². The number of fused-ring (bicyclic) bond motifs is 1. The molecule has 0 amide bonds. The van der Waals surface area contributed by atoms with Crippen LogP contribution in [0, 0.1) is 0 Å². The van der Waals surface area contributed by atoms with Gasteiger partial charge < -0.3 is 9.72 Å². The molecule has 2 aromatic heterocycles. The van der Waals surface area contributed by atoms with Gasteiger partial charge >= 0.3 is 0 Å². The van der Waals surface area contributed by atoms with E-state index < -0.39 is 0 Å². The number of pyridine rings is 1. The monoisotopic (exact) mass is 257 g/mol. The summed E-state index contributed by atoms with van der Waals surface area (Å²) in [6, 6.07) is 6.40. The molecule has 0 aliphatic heterocycles. The maximum absolute atomic E-state index is 4.95. The average Bonchev–Trinajstić information content (AvgIpc) is 2.85. The van der Waals surface area contributed by atoms with Gasteiger partial charge in [-0.05, 0) is 31.5 Å². The van der Waals surface area contributed by atoms with Crippen molar-refractivity contribution in [3.63, 3.8) is 0 Å². The molecule has 0 spiro atoms. The molecule has 0 atom stereocenters. The number of nitrogens with zero attached hydrogens (tertiary/aromatic N) is 2. The van der Waals surface area contributed by atoms with Crippen molar-refractivity contribution < 1.29 is 0 Å². The second-order valence-corrected chi connectivity index (χ2v) is 5.49. The number of hydrogen-bond donors (Lipinski definition) is 1. The molecule has 1 fully saturated rings. The topological polar surface area (TPSA) is 29.3 Å².